The smallest absolute Gasteiger partial charge is 0.227 e. The number of carbonyl (C=O) groups excluding carboxylic acids is 2. The maximum atomic E-state index is 11.5. The Balaban J connectivity index is 2.23. The van der Waals surface area contributed by atoms with Crippen molar-refractivity contribution < 1.29 is 9.59 Å². The highest BCUT2D eigenvalue weighted by Gasteiger charge is 2.20. The molecule has 1 aromatic heterocycles. The Morgan fingerprint density at radius 2 is 2.12 bits per heavy atom. The molecule has 17 heavy (non-hydrogen) atoms. The molecule has 2 N–H and O–H groups in total. The Morgan fingerprint density at radius 3 is 2.65 bits per heavy atom. The lowest BCUT2D eigenvalue weighted by atomic mass is 9.96. The number of amides is 2. The fourth-order valence-corrected chi connectivity index (χ4v) is 1.57. The zero-order chi connectivity index (χ0) is 12.9. The van der Waals surface area contributed by atoms with Crippen LogP contribution in [-0.4, -0.2) is 23.3 Å². The molecule has 0 saturated carbocycles. The van der Waals surface area contributed by atoms with E-state index in [-0.39, 0.29) is 18.2 Å². The molecule has 5 nitrogen and oxygen atoms in total. The Hall–Kier alpha value is -1.43. The zero-order valence-corrected chi connectivity index (χ0v) is 11.1. The first-order valence-electron chi connectivity index (χ1n) is 5.37. The van der Waals surface area contributed by atoms with Crippen LogP contribution in [0.25, 0.3) is 0 Å². The molecule has 0 unspecified atom stereocenters. The van der Waals surface area contributed by atoms with Gasteiger partial charge in [0.05, 0.1) is 0 Å². The highest BCUT2D eigenvalue weighted by Crippen LogP contribution is 2.12. The van der Waals surface area contributed by atoms with Gasteiger partial charge in [-0.1, -0.05) is 20.8 Å². The zero-order valence-electron chi connectivity index (χ0n) is 10.2. The number of nitrogens with one attached hydrogen (secondary N) is 2. The summed E-state index contributed by atoms with van der Waals surface area (Å²) >= 11 is 1.36. The van der Waals surface area contributed by atoms with Crippen molar-refractivity contribution in [2.45, 2.75) is 27.2 Å². The van der Waals surface area contributed by atoms with Crippen LogP contribution in [0.5, 0.6) is 0 Å². The molecule has 0 fully saturated rings. The van der Waals surface area contributed by atoms with Crippen molar-refractivity contribution in [3.05, 3.63) is 11.6 Å². The standard InChI is InChI=1S/C11H17N3O2S/c1-11(2,3)9(16)12-5-4-8(15)14-10-13-6-7-17-10/h6-7H,4-5H2,1-3H3,(H,12,16)(H,13,14,15). The molecule has 0 saturated heterocycles. The van der Waals surface area contributed by atoms with E-state index in [1.807, 2.05) is 20.8 Å². The van der Waals surface area contributed by atoms with Gasteiger partial charge in [-0.15, -0.1) is 11.3 Å². The normalized spacial score (nSPS) is 11.0. The Morgan fingerprint density at radius 1 is 1.41 bits per heavy atom. The van der Waals surface area contributed by atoms with Crippen LogP contribution in [0.4, 0.5) is 5.13 Å². The lowest BCUT2D eigenvalue weighted by Gasteiger charge is -2.17. The topological polar surface area (TPSA) is 71.1 Å². The van der Waals surface area contributed by atoms with Gasteiger partial charge in [0.15, 0.2) is 5.13 Å². The highest BCUT2D eigenvalue weighted by molar-refractivity contribution is 7.13. The first kappa shape index (κ1) is 13.6. The quantitative estimate of drug-likeness (QED) is 0.859. The molecule has 0 aliphatic rings. The van der Waals surface area contributed by atoms with E-state index < -0.39 is 5.41 Å². The van der Waals surface area contributed by atoms with E-state index in [4.69, 9.17) is 0 Å². The summed E-state index contributed by atoms with van der Waals surface area (Å²) in [6.07, 6.45) is 1.88. The molecule has 0 radical (unpaired) electrons. The molecule has 0 aliphatic heterocycles. The summed E-state index contributed by atoms with van der Waals surface area (Å²) in [5, 5.41) is 7.74. The molecule has 0 atom stereocenters. The maximum Gasteiger partial charge on any atom is 0.227 e. The van der Waals surface area contributed by atoms with Crippen molar-refractivity contribution in [2.24, 2.45) is 5.41 Å². The van der Waals surface area contributed by atoms with Crippen molar-refractivity contribution in [1.82, 2.24) is 10.3 Å². The molecule has 0 bridgehead atoms. The minimum absolute atomic E-state index is 0.0560. The van der Waals surface area contributed by atoms with Gasteiger partial charge in [-0.2, -0.15) is 0 Å². The minimum Gasteiger partial charge on any atom is -0.355 e. The van der Waals surface area contributed by atoms with Gasteiger partial charge in [0, 0.05) is 30.0 Å². The van der Waals surface area contributed by atoms with Gasteiger partial charge in [-0.25, -0.2) is 4.98 Å². The van der Waals surface area contributed by atoms with Gasteiger partial charge in [-0.3, -0.25) is 9.59 Å². The van der Waals surface area contributed by atoms with Gasteiger partial charge < -0.3 is 10.6 Å². The van der Waals surface area contributed by atoms with Crippen molar-refractivity contribution in [3.8, 4) is 0 Å². The number of aromatic nitrogens is 1. The van der Waals surface area contributed by atoms with Crippen LogP contribution in [0.2, 0.25) is 0 Å². The predicted octanol–water partition coefficient (Wildman–Crippen LogP) is 1.63. The van der Waals surface area contributed by atoms with Gasteiger partial charge in [-0.05, 0) is 0 Å². The summed E-state index contributed by atoms with van der Waals surface area (Å²) in [4.78, 5) is 26.9. The van der Waals surface area contributed by atoms with Crippen LogP contribution in [0.15, 0.2) is 11.6 Å². The van der Waals surface area contributed by atoms with Crippen molar-refractivity contribution in [3.63, 3.8) is 0 Å². The fourth-order valence-electron chi connectivity index (χ4n) is 1.02. The van der Waals surface area contributed by atoms with E-state index in [0.29, 0.717) is 11.7 Å². The summed E-state index contributed by atoms with van der Waals surface area (Å²) in [6.45, 7) is 5.83. The number of anilines is 1. The number of rotatable bonds is 4. The Bertz CT molecular complexity index is 382. The number of carbonyl (C=O) groups is 2. The van der Waals surface area contributed by atoms with Crippen LogP contribution >= 0.6 is 11.3 Å². The van der Waals surface area contributed by atoms with E-state index >= 15 is 0 Å². The number of hydrogen-bond donors (Lipinski definition) is 2. The van der Waals surface area contributed by atoms with E-state index in [2.05, 4.69) is 15.6 Å². The molecule has 94 valence electrons. The summed E-state index contributed by atoms with van der Waals surface area (Å²) < 4.78 is 0. The van der Waals surface area contributed by atoms with Crippen molar-refractivity contribution >= 4 is 28.3 Å². The van der Waals surface area contributed by atoms with Crippen LogP contribution < -0.4 is 10.6 Å². The first-order chi connectivity index (χ1) is 7.89. The highest BCUT2D eigenvalue weighted by atomic mass is 32.1. The molecule has 6 heteroatoms. The summed E-state index contributed by atoms with van der Waals surface area (Å²) in [6, 6.07) is 0. The summed E-state index contributed by atoms with van der Waals surface area (Å²) in [7, 11) is 0. The summed E-state index contributed by atoms with van der Waals surface area (Å²) in [5.74, 6) is -0.200. The maximum absolute atomic E-state index is 11.5. The molecule has 0 aromatic carbocycles. The summed E-state index contributed by atoms with van der Waals surface area (Å²) in [5.41, 5.74) is -0.425. The molecule has 0 aliphatic carbocycles. The van der Waals surface area contributed by atoms with Crippen molar-refractivity contribution in [2.75, 3.05) is 11.9 Å². The SMILES string of the molecule is CC(C)(C)C(=O)NCCC(=O)Nc1nccs1. The third-order valence-electron chi connectivity index (χ3n) is 2.00. The van der Waals surface area contributed by atoms with E-state index in [9.17, 15) is 9.59 Å². The molecular formula is C11H17N3O2S. The van der Waals surface area contributed by atoms with Crippen molar-refractivity contribution in [1.29, 1.82) is 0 Å². The van der Waals surface area contributed by atoms with Crippen LogP contribution in [0, 0.1) is 5.41 Å². The molecule has 0 spiro atoms. The molecular weight excluding hydrogens is 238 g/mol. The van der Waals surface area contributed by atoms with E-state index in [1.165, 1.54) is 11.3 Å². The van der Waals surface area contributed by atoms with Crippen LogP contribution in [0.1, 0.15) is 27.2 Å². The van der Waals surface area contributed by atoms with Gasteiger partial charge >= 0.3 is 0 Å². The molecule has 1 heterocycles. The second-order valence-corrected chi connectivity index (χ2v) is 5.54. The average molecular weight is 255 g/mol. The molecule has 2 amide bonds. The molecule has 1 rings (SSSR count). The second-order valence-electron chi connectivity index (χ2n) is 4.64. The second kappa shape index (κ2) is 5.77. The largest absolute Gasteiger partial charge is 0.355 e. The predicted molar refractivity (Wildman–Crippen MR) is 67.8 cm³/mol. The van der Waals surface area contributed by atoms with Gasteiger partial charge in [0.1, 0.15) is 0 Å². The lowest BCUT2D eigenvalue weighted by Crippen LogP contribution is -2.36. The minimum atomic E-state index is -0.425. The third-order valence-corrected chi connectivity index (χ3v) is 2.69. The fraction of sp³-hybridized carbons (Fsp3) is 0.545. The van der Waals surface area contributed by atoms with E-state index in [0.717, 1.165) is 0 Å². The van der Waals surface area contributed by atoms with Crippen LogP contribution in [0.3, 0.4) is 0 Å². The van der Waals surface area contributed by atoms with E-state index in [1.54, 1.807) is 11.6 Å². The van der Waals surface area contributed by atoms with Gasteiger partial charge in [0.2, 0.25) is 11.8 Å². The Kier molecular flexibility index (Phi) is 4.62. The Labute approximate surface area is 105 Å². The monoisotopic (exact) mass is 255 g/mol. The van der Waals surface area contributed by atoms with Crippen LogP contribution in [-0.2, 0) is 9.59 Å². The number of nitrogens with zero attached hydrogens (tertiary/aromatic N) is 1. The third kappa shape index (κ3) is 4.95. The molecule has 1 aromatic rings. The average Bonchev–Trinajstić information content (AvgIpc) is 2.68. The first-order valence-corrected chi connectivity index (χ1v) is 6.25. The number of thiazole rings is 1. The number of hydrogen-bond acceptors (Lipinski definition) is 4. The lowest BCUT2D eigenvalue weighted by molar-refractivity contribution is -0.128. The van der Waals surface area contributed by atoms with Gasteiger partial charge in [0.25, 0.3) is 0 Å².